The number of hydrogen-bond donors (Lipinski definition) is 2. The van der Waals surface area contributed by atoms with E-state index in [-0.39, 0.29) is 22.9 Å². The van der Waals surface area contributed by atoms with Crippen molar-refractivity contribution in [2.45, 2.75) is 82.8 Å². The van der Waals surface area contributed by atoms with Crippen molar-refractivity contribution in [2.75, 3.05) is 7.11 Å². The second-order valence-corrected chi connectivity index (χ2v) is 12.2. The first-order valence-electron chi connectivity index (χ1n) is 12.2. The molecule has 0 radical (unpaired) electrons. The molecule has 0 saturated heterocycles. The Labute approximate surface area is 174 Å². The molecule has 0 aromatic heterocycles. The van der Waals surface area contributed by atoms with Crippen molar-refractivity contribution in [2.24, 2.45) is 45.3 Å². The number of allylic oxidation sites excluding steroid dienone is 2. The van der Waals surface area contributed by atoms with Crippen LogP contribution in [0, 0.1) is 45.3 Å². The SMILES string of the molecule is CO[C@@H]1C=C(O)[C@@H]2[C@@H]3[C@H]4CC[C@@]56CCC7(CCCC7)[C@@H]5C=CC[C@@](C4)([C@]21O)[C@]36C. The van der Waals surface area contributed by atoms with Crippen LogP contribution in [-0.2, 0) is 4.74 Å². The Morgan fingerprint density at radius 2 is 1.90 bits per heavy atom. The number of aliphatic hydroxyl groups is 2. The normalized spacial score (nSPS) is 60.4. The van der Waals surface area contributed by atoms with E-state index in [1.54, 1.807) is 7.11 Å². The summed E-state index contributed by atoms with van der Waals surface area (Å²) in [5.74, 6) is 2.01. The number of methoxy groups -OCH3 is 1. The van der Waals surface area contributed by atoms with Crippen LogP contribution < -0.4 is 0 Å². The van der Waals surface area contributed by atoms with Crippen molar-refractivity contribution < 1.29 is 14.9 Å². The van der Waals surface area contributed by atoms with Gasteiger partial charge in [0.15, 0.2) is 0 Å². The highest BCUT2D eigenvalue weighted by Gasteiger charge is 2.88. The average molecular weight is 397 g/mol. The average Bonchev–Trinajstić information content (AvgIpc) is 3.43. The molecule has 5 fully saturated rings. The van der Waals surface area contributed by atoms with E-state index in [0.717, 1.165) is 12.8 Å². The zero-order chi connectivity index (χ0) is 19.9. The summed E-state index contributed by atoms with van der Waals surface area (Å²) < 4.78 is 5.86. The molecule has 7 aliphatic rings. The van der Waals surface area contributed by atoms with Gasteiger partial charge in [-0.3, -0.25) is 0 Å². The van der Waals surface area contributed by atoms with Gasteiger partial charge in [-0.05, 0) is 91.4 Å². The third kappa shape index (κ3) is 1.48. The topological polar surface area (TPSA) is 49.7 Å². The monoisotopic (exact) mass is 396 g/mol. The summed E-state index contributed by atoms with van der Waals surface area (Å²) in [6.07, 6.45) is 19.6. The van der Waals surface area contributed by atoms with E-state index >= 15 is 0 Å². The highest BCUT2D eigenvalue weighted by atomic mass is 16.5. The van der Waals surface area contributed by atoms with Crippen LogP contribution >= 0.6 is 0 Å². The molecule has 0 unspecified atom stereocenters. The number of fused-ring (bicyclic) bond motifs is 2. The quantitative estimate of drug-likeness (QED) is 0.602. The lowest BCUT2D eigenvalue weighted by Gasteiger charge is -2.59. The number of hydrogen-bond acceptors (Lipinski definition) is 3. The molecule has 7 rings (SSSR count). The summed E-state index contributed by atoms with van der Waals surface area (Å²) in [6, 6.07) is 0. The van der Waals surface area contributed by atoms with Gasteiger partial charge in [0.2, 0.25) is 0 Å². The molecule has 0 amide bonds. The summed E-state index contributed by atoms with van der Waals surface area (Å²) in [5.41, 5.74) is -0.240. The molecule has 2 N–H and O–H groups in total. The smallest absolute Gasteiger partial charge is 0.111 e. The Bertz CT molecular complexity index is 839. The molecule has 3 heteroatoms. The molecular weight excluding hydrogens is 360 g/mol. The van der Waals surface area contributed by atoms with Gasteiger partial charge in [0.1, 0.15) is 11.7 Å². The molecule has 3 nitrogen and oxygen atoms in total. The van der Waals surface area contributed by atoms with Gasteiger partial charge in [0, 0.05) is 12.5 Å². The van der Waals surface area contributed by atoms with Gasteiger partial charge in [-0.15, -0.1) is 0 Å². The minimum atomic E-state index is -0.955. The van der Waals surface area contributed by atoms with Gasteiger partial charge >= 0.3 is 0 Å². The van der Waals surface area contributed by atoms with Crippen LogP contribution in [0.4, 0.5) is 0 Å². The Hall–Kier alpha value is -0.800. The van der Waals surface area contributed by atoms with Crippen LogP contribution in [0.1, 0.15) is 71.1 Å². The van der Waals surface area contributed by atoms with E-state index < -0.39 is 5.60 Å². The fourth-order valence-electron chi connectivity index (χ4n) is 11.7. The van der Waals surface area contributed by atoms with Crippen molar-refractivity contribution in [3.63, 3.8) is 0 Å². The fourth-order valence-corrected chi connectivity index (χ4v) is 11.7. The molecule has 4 bridgehead atoms. The molecule has 29 heavy (non-hydrogen) atoms. The maximum Gasteiger partial charge on any atom is 0.111 e. The second kappa shape index (κ2) is 4.99. The lowest BCUT2D eigenvalue weighted by molar-refractivity contribution is -0.190. The number of ether oxygens (including phenoxy) is 1. The molecule has 5 saturated carbocycles. The minimum absolute atomic E-state index is 0.0849. The summed E-state index contributed by atoms with van der Waals surface area (Å²) in [6.45, 7) is 2.57. The summed E-state index contributed by atoms with van der Waals surface area (Å²) in [7, 11) is 1.71. The first kappa shape index (κ1) is 17.8. The number of rotatable bonds is 1. The zero-order valence-electron chi connectivity index (χ0n) is 18.0. The Morgan fingerprint density at radius 1 is 1.10 bits per heavy atom. The summed E-state index contributed by atoms with van der Waals surface area (Å²) in [5, 5.41) is 23.6. The Balaban J connectivity index is 1.49. The van der Waals surface area contributed by atoms with Crippen LogP contribution in [-0.4, -0.2) is 29.0 Å². The van der Waals surface area contributed by atoms with Gasteiger partial charge in [0.25, 0.3) is 0 Å². The highest BCUT2D eigenvalue weighted by molar-refractivity contribution is 5.44. The molecule has 0 aliphatic heterocycles. The van der Waals surface area contributed by atoms with Crippen LogP contribution in [0.5, 0.6) is 0 Å². The molecule has 0 aromatic rings. The maximum atomic E-state index is 12.5. The van der Waals surface area contributed by atoms with Gasteiger partial charge in [0.05, 0.1) is 11.7 Å². The molecule has 0 heterocycles. The summed E-state index contributed by atoms with van der Waals surface area (Å²) >= 11 is 0. The van der Waals surface area contributed by atoms with E-state index in [0.29, 0.717) is 34.3 Å². The largest absolute Gasteiger partial charge is 0.512 e. The van der Waals surface area contributed by atoms with Crippen LogP contribution in [0.3, 0.4) is 0 Å². The van der Waals surface area contributed by atoms with E-state index in [9.17, 15) is 10.2 Å². The van der Waals surface area contributed by atoms with Gasteiger partial charge in [-0.1, -0.05) is 31.9 Å². The molecule has 7 aliphatic carbocycles. The molecule has 0 aromatic carbocycles. The predicted octanol–water partition coefficient (Wildman–Crippen LogP) is 5.16. The highest BCUT2D eigenvalue weighted by Crippen LogP contribution is 2.89. The third-order valence-corrected chi connectivity index (χ3v) is 12.4. The predicted molar refractivity (Wildman–Crippen MR) is 111 cm³/mol. The van der Waals surface area contributed by atoms with Crippen molar-refractivity contribution >= 4 is 0 Å². The van der Waals surface area contributed by atoms with E-state index in [4.69, 9.17) is 4.74 Å². The lowest BCUT2D eigenvalue weighted by Crippen LogP contribution is -2.60. The first-order valence-corrected chi connectivity index (χ1v) is 12.2. The van der Waals surface area contributed by atoms with Crippen LogP contribution in [0.2, 0.25) is 0 Å². The fraction of sp³-hybridized carbons (Fsp3) is 0.846. The Morgan fingerprint density at radius 3 is 2.66 bits per heavy atom. The molecular formula is C26H36O3. The maximum absolute atomic E-state index is 12.5. The number of aliphatic hydroxyl groups excluding tert-OH is 1. The lowest BCUT2D eigenvalue weighted by atomic mass is 9.45. The van der Waals surface area contributed by atoms with Crippen molar-refractivity contribution in [3.8, 4) is 0 Å². The van der Waals surface area contributed by atoms with Crippen LogP contribution in [0.25, 0.3) is 0 Å². The molecule has 158 valence electrons. The zero-order valence-corrected chi connectivity index (χ0v) is 18.0. The van der Waals surface area contributed by atoms with Crippen molar-refractivity contribution in [3.05, 3.63) is 24.0 Å². The standard InChI is InChI=1S/C26H36O3/c1-22-20-16-7-11-24(22)13-12-23(8-3-4-9-23)18(24)6-5-10-25(22,15-16)26(28)19(29-2)14-17(27)21(20)26/h5-6,14,16,18-21,27-28H,3-4,7-13,15H2,1-2H3/t16-,18-,19+,20-,21+,22+,24+,25-,26+/m0/s1. The van der Waals surface area contributed by atoms with Gasteiger partial charge in [-0.2, -0.15) is 0 Å². The molecule has 9 atom stereocenters. The first-order chi connectivity index (χ1) is 13.9. The van der Waals surface area contributed by atoms with Gasteiger partial charge < -0.3 is 14.9 Å². The van der Waals surface area contributed by atoms with E-state index in [1.807, 2.05) is 6.08 Å². The summed E-state index contributed by atoms with van der Waals surface area (Å²) in [4.78, 5) is 0. The molecule has 2 spiro atoms. The van der Waals surface area contributed by atoms with E-state index in [2.05, 4.69) is 19.1 Å². The van der Waals surface area contributed by atoms with Crippen LogP contribution in [0.15, 0.2) is 24.0 Å². The van der Waals surface area contributed by atoms with Crippen molar-refractivity contribution in [1.82, 2.24) is 0 Å². The third-order valence-electron chi connectivity index (χ3n) is 12.4. The van der Waals surface area contributed by atoms with Gasteiger partial charge in [-0.25, -0.2) is 0 Å². The van der Waals surface area contributed by atoms with E-state index in [1.165, 1.54) is 51.4 Å². The Kier molecular flexibility index (Phi) is 3.07. The van der Waals surface area contributed by atoms with Crippen molar-refractivity contribution in [1.29, 1.82) is 0 Å². The minimum Gasteiger partial charge on any atom is -0.512 e. The second-order valence-electron chi connectivity index (χ2n) is 12.2.